The molecule has 37 heavy (non-hydrogen) atoms. The van der Waals surface area contributed by atoms with Crippen molar-refractivity contribution in [2.75, 3.05) is 25.5 Å². The maximum Gasteiger partial charge on any atom is 0.180 e. The molecule has 5 heterocycles. The van der Waals surface area contributed by atoms with Crippen molar-refractivity contribution in [3.63, 3.8) is 0 Å². The number of hydrogen-bond donors (Lipinski definition) is 3. The molecule has 1 aliphatic heterocycles. The Kier molecular flexibility index (Phi) is 8.47. The third-order valence-corrected chi connectivity index (χ3v) is 7.15. The molecule has 4 N–H and O–H groups in total. The number of aromatic nitrogens is 6. The highest BCUT2D eigenvalue weighted by atomic mass is 31.1. The van der Waals surface area contributed by atoms with Gasteiger partial charge in [0.25, 0.3) is 0 Å². The van der Waals surface area contributed by atoms with Gasteiger partial charge in [-0.15, -0.1) is 0 Å². The number of nitrogens with two attached hydrogens (primary N) is 1. The highest BCUT2D eigenvalue weighted by molar-refractivity contribution is 7.63. The Bertz CT molecular complexity index is 1400. The number of aliphatic imine (C=N–C) groups is 2. The number of pyridine rings is 1. The molecule has 11 nitrogen and oxygen atoms in total. The van der Waals surface area contributed by atoms with Crippen molar-refractivity contribution < 1.29 is 9.84 Å². The van der Waals surface area contributed by atoms with Gasteiger partial charge in [0.05, 0.1) is 18.0 Å². The van der Waals surface area contributed by atoms with E-state index in [0.29, 0.717) is 28.9 Å². The van der Waals surface area contributed by atoms with Crippen molar-refractivity contribution in [1.29, 1.82) is 0 Å². The van der Waals surface area contributed by atoms with Crippen LogP contribution < -0.4 is 10.5 Å². The van der Waals surface area contributed by atoms with E-state index in [1.165, 1.54) is 12.3 Å². The SMILES string of the molecule is CC.Cc1c(-c2ccn(P3CC3)n2)c[nH]c1C(=Nc1cc(OCCO)ccn1)N=C(N)c1nccn1C. The van der Waals surface area contributed by atoms with Gasteiger partial charge in [0.2, 0.25) is 0 Å². The Balaban J connectivity index is 0.00000156. The number of aliphatic hydroxyl groups is 1. The molecule has 12 heteroatoms. The van der Waals surface area contributed by atoms with E-state index >= 15 is 0 Å². The lowest BCUT2D eigenvalue weighted by Crippen LogP contribution is -2.20. The number of aromatic amines is 1. The number of ether oxygens (including phenoxy) is 1. The molecule has 1 saturated heterocycles. The summed E-state index contributed by atoms with van der Waals surface area (Å²) in [6.07, 6.45) is 11.5. The largest absolute Gasteiger partial charge is 0.491 e. The molecule has 4 aromatic heterocycles. The van der Waals surface area contributed by atoms with Crippen molar-refractivity contribution in [2.45, 2.75) is 20.8 Å². The van der Waals surface area contributed by atoms with E-state index < -0.39 is 0 Å². The zero-order valence-electron chi connectivity index (χ0n) is 21.5. The van der Waals surface area contributed by atoms with Gasteiger partial charge in [-0.2, -0.15) is 5.10 Å². The second-order valence-corrected chi connectivity index (χ2v) is 10.3. The number of rotatable bonds is 8. The molecule has 0 saturated carbocycles. The van der Waals surface area contributed by atoms with E-state index in [1.54, 1.807) is 35.3 Å². The Morgan fingerprint density at radius 3 is 2.73 bits per heavy atom. The smallest absolute Gasteiger partial charge is 0.180 e. The van der Waals surface area contributed by atoms with Crippen molar-refractivity contribution in [3.05, 3.63) is 66.3 Å². The predicted molar refractivity (Wildman–Crippen MR) is 147 cm³/mol. The van der Waals surface area contributed by atoms with Crippen molar-refractivity contribution in [2.24, 2.45) is 22.8 Å². The van der Waals surface area contributed by atoms with Crippen LogP contribution in [0.2, 0.25) is 0 Å². The van der Waals surface area contributed by atoms with E-state index in [2.05, 4.69) is 24.4 Å². The van der Waals surface area contributed by atoms with Gasteiger partial charge in [-0.25, -0.2) is 20.0 Å². The summed E-state index contributed by atoms with van der Waals surface area (Å²) in [5, 5.41) is 13.8. The molecule has 194 valence electrons. The first-order valence-electron chi connectivity index (χ1n) is 12.1. The first-order chi connectivity index (χ1) is 18.0. The van der Waals surface area contributed by atoms with E-state index in [0.717, 1.165) is 16.8 Å². The fourth-order valence-electron chi connectivity index (χ4n) is 3.59. The number of aliphatic hydroxyl groups excluding tert-OH is 1. The van der Waals surface area contributed by atoms with Crippen LogP contribution in [0.25, 0.3) is 11.3 Å². The van der Waals surface area contributed by atoms with Crippen LogP contribution in [0.5, 0.6) is 5.75 Å². The fraction of sp³-hybridized carbons (Fsp3) is 0.320. The summed E-state index contributed by atoms with van der Waals surface area (Å²) >= 11 is 0. The molecule has 1 fully saturated rings. The maximum absolute atomic E-state index is 9.05. The third-order valence-electron chi connectivity index (χ3n) is 5.50. The normalized spacial score (nSPS) is 13.9. The molecule has 0 amide bonds. The molecule has 0 atom stereocenters. The number of hydrogen-bond acceptors (Lipinski definition) is 6. The minimum atomic E-state index is -0.119. The van der Waals surface area contributed by atoms with Gasteiger partial charge in [0, 0.05) is 57.7 Å². The quantitative estimate of drug-likeness (QED) is 0.184. The molecule has 1 aliphatic rings. The summed E-state index contributed by atoms with van der Waals surface area (Å²) in [6.45, 7) is 6.09. The number of nitrogens with one attached hydrogen (secondary N) is 1. The predicted octanol–water partition coefficient (Wildman–Crippen LogP) is 3.45. The van der Waals surface area contributed by atoms with Crippen LogP contribution in [0.4, 0.5) is 5.82 Å². The van der Waals surface area contributed by atoms with Gasteiger partial charge in [0.1, 0.15) is 12.4 Å². The van der Waals surface area contributed by atoms with Crippen LogP contribution in [0.3, 0.4) is 0 Å². The molecular formula is C25H32N9O2P. The Morgan fingerprint density at radius 1 is 1.22 bits per heavy atom. The van der Waals surface area contributed by atoms with Gasteiger partial charge < -0.3 is 25.1 Å². The summed E-state index contributed by atoms with van der Waals surface area (Å²) in [5.74, 6) is 2.04. The average Bonchev–Trinajstić information content (AvgIpc) is 3.28. The molecule has 5 rings (SSSR count). The lowest BCUT2D eigenvalue weighted by molar-refractivity contribution is 0.201. The molecule has 0 bridgehead atoms. The van der Waals surface area contributed by atoms with Crippen molar-refractivity contribution >= 4 is 25.6 Å². The van der Waals surface area contributed by atoms with Crippen molar-refractivity contribution in [1.82, 2.24) is 29.1 Å². The highest BCUT2D eigenvalue weighted by Gasteiger charge is 2.25. The number of imidazole rings is 1. The average molecular weight is 522 g/mol. The van der Waals surface area contributed by atoms with Gasteiger partial charge in [-0.05, 0) is 36.9 Å². The summed E-state index contributed by atoms with van der Waals surface area (Å²) in [6, 6.07) is 5.42. The minimum absolute atomic E-state index is 0.0845. The monoisotopic (exact) mass is 521 g/mol. The molecule has 0 aliphatic carbocycles. The second-order valence-electron chi connectivity index (χ2n) is 7.99. The lowest BCUT2D eigenvalue weighted by Gasteiger charge is -2.07. The number of nitrogens with zero attached hydrogens (tertiary/aromatic N) is 7. The molecular weight excluding hydrogens is 489 g/mol. The van der Waals surface area contributed by atoms with Gasteiger partial charge in [0.15, 0.2) is 23.3 Å². The Morgan fingerprint density at radius 2 is 2.03 bits per heavy atom. The first kappa shape index (κ1) is 26.2. The van der Waals surface area contributed by atoms with Crippen LogP contribution in [0.1, 0.15) is 30.9 Å². The van der Waals surface area contributed by atoms with Crippen LogP contribution in [0, 0.1) is 6.92 Å². The van der Waals surface area contributed by atoms with Crippen LogP contribution in [0.15, 0.2) is 59.2 Å². The van der Waals surface area contributed by atoms with Gasteiger partial charge in [-0.1, -0.05) is 13.8 Å². The summed E-state index contributed by atoms with van der Waals surface area (Å²) in [7, 11) is 1.73. The summed E-state index contributed by atoms with van der Waals surface area (Å²) in [5.41, 5.74) is 9.85. The molecule has 0 spiro atoms. The Hall–Kier alpha value is -3.82. The first-order valence-corrected chi connectivity index (χ1v) is 13.8. The van der Waals surface area contributed by atoms with Crippen molar-refractivity contribution in [3.8, 4) is 17.0 Å². The van der Waals surface area contributed by atoms with E-state index in [1.807, 2.05) is 46.3 Å². The zero-order valence-corrected chi connectivity index (χ0v) is 22.4. The van der Waals surface area contributed by atoms with Gasteiger partial charge in [-0.3, -0.25) is 4.45 Å². The highest BCUT2D eigenvalue weighted by Crippen LogP contribution is 2.51. The van der Waals surface area contributed by atoms with E-state index in [9.17, 15) is 0 Å². The third kappa shape index (κ3) is 6.12. The second kappa shape index (κ2) is 11.9. The fourth-order valence-corrected chi connectivity index (χ4v) is 4.84. The van der Waals surface area contributed by atoms with E-state index in [-0.39, 0.29) is 27.1 Å². The Labute approximate surface area is 217 Å². The maximum atomic E-state index is 9.05. The molecule has 0 aromatic carbocycles. The molecule has 4 aromatic rings. The lowest BCUT2D eigenvalue weighted by atomic mass is 10.1. The standard InChI is InChI=1S/C23H26N9O2P.C2H6/c1-15-17(18-4-7-32(30-18)35-11-12-35)14-27-20(15)22(29-21(24)23-26-6-8-31(23)2)28-19-13-16(3-5-25-19)34-10-9-33;1-2/h3-8,13-14,27,33H,9-12H2,1-2H3,(H2,24,25,28,29);1-2H3. The van der Waals surface area contributed by atoms with E-state index in [4.69, 9.17) is 25.7 Å². The van der Waals surface area contributed by atoms with Crippen LogP contribution in [-0.4, -0.2) is 71.4 Å². The molecule has 0 radical (unpaired) electrons. The summed E-state index contributed by atoms with van der Waals surface area (Å²) < 4.78 is 9.38. The molecule has 0 unspecified atom stereocenters. The van der Waals surface area contributed by atoms with Gasteiger partial charge >= 0.3 is 0 Å². The number of amidine groups is 2. The number of H-pyrrole nitrogens is 1. The van der Waals surface area contributed by atoms with Crippen LogP contribution >= 0.6 is 8.07 Å². The minimum Gasteiger partial charge on any atom is -0.491 e. The number of aryl methyl sites for hydroxylation is 1. The zero-order chi connectivity index (χ0) is 26.4. The topological polar surface area (TPSA) is 145 Å². The summed E-state index contributed by atoms with van der Waals surface area (Å²) in [4.78, 5) is 21.3. The van der Waals surface area contributed by atoms with Crippen LogP contribution in [-0.2, 0) is 7.05 Å².